The molecule has 0 aromatic heterocycles. The summed E-state index contributed by atoms with van der Waals surface area (Å²) in [4.78, 5) is 4.58. The molecule has 0 saturated heterocycles. The number of hydrogen-bond donors (Lipinski definition) is 2. The molecule has 0 aromatic carbocycles. The van der Waals surface area contributed by atoms with Gasteiger partial charge in [-0.25, -0.2) is 5.48 Å². The van der Waals surface area contributed by atoms with Gasteiger partial charge in [-0.1, -0.05) is 6.92 Å². The summed E-state index contributed by atoms with van der Waals surface area (Å²) < 4.78 is 0. The Balaban J connectivity index is 2.86. The van der Waals surface area contributed by atoms with Crippen molar-refractivity contribution in [3.8, 4) is 0 Å². The third-order valence-corrected chi connectivity index (χ3v) is 1.01. The highest BCUT2D eigenvalue weighted by atomic mass is 16.6. The molecule has 0 aliphatic heterocycles. The average Bonchev–Trinajstić information content (AvgIpc) is 1.83. The summed E-state index contributed by atoms with van der Waals surface area (Å²) >= 11 is 0. The third kappa shape index (κ3) is 4.05. The van der Waals surface area contributed by atoms with Crippen molar-refractivity contribution >= 4 is 0 Å². The zero-order valence-corrected chi connectivity index (χ0v) is 5.48. The molecule has 0 heterocycles. The molecule has 0 fully saturated rings. The van der Waals surface area contributed by atoms with Crippen LogP contribution < -0.4 is 11.2 Å². The molecular formula is C5H14N2O. The average molecular weight is 118 g/mol. The first-order valence-corrected chi connectivity index (χ1v) is 2.82. The number of nitrogens with one attached hydrogen (secondary N) is 1. The van der Waals surface area contributed by atoms with E-state index in [0.29, 0.717) is 0 Å². The van der Waals surface area contributed by atoms with Gasteiger partial charge in [0.05, 0.1) is 7.11 Å². The lowest BCUT2D eigenvalue weighted by Gasteiger charge is -2.06. The van der Waals surface area contributed by atoms with Crippen molar-refractivity contribution in [3.05, 3.63) is 0 Å². The Hall–Kier alpha value is -0.120. The second-order valence-corrected chi connectivity index (χ2v) is 1.72. The standard InChI is InChI=1S/C5H14N2O/c1-3-5(6)4-7-8-2/h5,7H,3-4,6H2,1-2H3. The molecule has 1 atom stereocenters. The molecule has 0 aliphatic carbocycles. The fourth-order valence-electron chi connectivity index (χ4n) is 0.335. The van der Waals surface area contributed by atoms with E-state index < -0.39 is 0 Å². The lowest BCUT2D eigenvalue weighted by Crippen LogP contribution is -2.32. The molecule has 3 heteroatoms. The number of hydrogen-bond acceptors (Lipinski definition) is 3. The van der Waals surface area contributed by atoms with Crippen LogP contribution in [0, 0.1) is 0 Å². The molecule has 1 unspecified atom stereocenters. The SMILES string of the molecule is CCC(N)CNOC. The summed E-state index contributed by atoms with van der Waals surface area (Å²) in [5.41, 5.74) is 8.19. The van der Waals surface area contributed by atoms with Crippen molar-refractivity contribution in [2.75, 3.05) is 13.7 Å². The van der Waals surface area contributed by atoms with Gasteiger partial charge in [-0.2, -0.15) is 0 Å². The highest BCUT2D eigenvalue weighted by molar-refractivity contribution is 4.56. The number of hydroxylamine groups is 1. The van der Waals surface area contributed by atoms with E-state index >= 15 is 0 Å². The maximum absolute atomic E-state index is 5.52. The van der Waals surface area contributed by atoms with Crippen molar-refractivity contribution in [1.29, 1.82) is 0 Å². The molecule has 0 bridgehead atoms. The minimum atomic E-state index is 0.218. The minimum absolute atomic E-state index is 0.218. The molecule has 0 saturated carbocycles. The first-order valence-electron chi connectivity index (χ1n) is 2.82. The van der Waals surface area contributed by atoms with E-state index in [0.717, 1.165) is 13.0 Å². The smallest absolute Gasteiger partial charge is 0.0572 e. The Morgan fingerprint density at radius 2 is 2.38 bits per heavy atom. The van der Waals surface area contributed by atoms with Gasteiger partial charge in [0.2, 0.25) is 0 Å². The van der Waals surface area contributed by atoms with Gasteiger partial charge in [0.15, 0.2) is 0 Å². The lowest BCUT2D eigenvalue weighted by atomic mass is 10.2. The van der Waals surface area contributed by atoms with Gasteiger partial charge in [0.1, 0.15) is 0 Å². The summed E-state index contributed by atoms with van der Waals surface area (Å²) in [7, 11) is 1.59. The molecule has 0 spiro atoms. The monoisotopic (exact) mass is 118 g/mol. The van der Waals surface area contributed by atoms with Crippen LogP contribution in [0.25, 0.3) is 0 Å². The highest BCUT2D eigenvalue weighted by Gasteiger charge is 1.94. The minimum Gasteiger partial charge on any atom is -0.326 e. The molecule has 0 rings (SSSR count). The van der Waals surface area contributed by atoms with Gasteiger partial charge >= 0.3 is 0 Å². The first kappa shape index (κ1) is 7.88. The summed E-state index contributed by atoms with van der Waals surface area (Å²) in [5.74, 6) is 0. The maximum atomic E-state index is 5.52. The van der Waals surface area contributed by atoms with E-state index in [1.165, 1.54) is 0 Å². The van der Waals surface area contributed by atoms with Crippen molar-refractivity contribution in [3.63, 3.8) is 0 Å². The molecule has 0 amide bonds. The summed E-state index contributed by atoms with van der Waals surface area (Å²) in [6.45, 7) is 2.77. The van der Waals surface area contributed by atoms with Crippen LogP contribution in [0.15, 0.2) is 0 Å². The van der Waals surface area contributed by atoms with Crippen LogP contribution in [0.1, 0.15) is 13.3 Å². The molecule has 0 aromatic rings. The maximum Gasteiger partial charge on any atom is 0.0572 e. The Morgan fingerprint density at radius 3 is 2.75 bits per heavy atom. The van der Waals surface area contributed by atoms with Gasteiger partial charge in [-0.05, 0) is 6.42 Å². The van der Waals surface area contributed by atoms with Crippen LogP contribution in [-0.2, 0) is 4.84 Å². The van der Waals surface area contributed by atoms with E-state index in [1.807, 2.05) is 6.92 Å². The van der Waals surface area contributed by atoms with Crippen LogP contribution >= 0.6 is 0 Å². The van der Waals surface area contributed by atoms with Gasteiger partial charge < -0.3 is 10.6 Å². The van der Waals surface area contributed by atoms with Crippen molar-refractivity contribution in [1.82, 2.24) is 5.48 Å². The van der Waals surface area contributed by atoms with Gasteiger partial charge in [0.25, 0.3) is 0 Å². The zero-order chi connectivity index (χ0) is 6.41. The van der Waals surface area contributed by atoms with Crippen LogP contribution in [0.4, 0.5) is 0 Å². The van der Waals surface area contributed by atoms with Crippen molar-refractivity contribution in [2.45, 2.75) is 19.4 Å². The van der Waals surface area contributed by atoms with Crippen LogP contribution in [0.3, 0.4) is 0 Å². The molecular weight excluding hydrogens is 104 g/mol. The predicted octanol–water partition coefficient (Wildman–Crippen LogP) is -0.125. The summed E-state index contributed by atoms with van der Waals surface area (Å²) in [6, 6.07) is 0.218. The van der Waals surface area contributed by atoms with Crippen molar-refractivity contribution in [2.24, 2.45) is 5.73 Å². The molecule has 50 valence electrons. The molecule has 3 nitrogen and oxygen atoms in total. The van der Waals surface area contributed by atoms with E-state index in [4.69, 9.17) is 5.73 Å². The number of rotatable bonds is 4. The van der Waals surface area contributed by atoms with E-state index in [9.17, 15) is 0 Å². The lowest BCUT2D eigenvalue weighted by molar-refractivity contribution is 0.0871. The van der Waals surface area contributed by atoms with Crippen LogP contribution in [0.2, 0.25) is 0 Å². The quantitative estimate of drug-likeness (QED) is 0.506. The number of nitrogens with two attached hydrogens (primary N) is 1. The second kappa shape index (κ2) is 5.03. The zero-order valence-electron chi connectivity index (χ0n) is 5.48. The van der Waals surface area contributed by atoms with Crippen molar-refractivity contribution < 1.29 is 4.84 Å². The summed E-state index contributed by atoms with van der Waals surface area (Å²) in [5, 5.41) is 0. The predicted molar refractivity (Wildman–Crippen MR) is 33.3 cm³/mol. The normalized spacial score (nSPS) is 13.9. The fourth-order valence-corrected chi connectivity index (χ4v) is 0.335. The van der Waals surface area contributed by atoms with E-state index in [-0.39, 0.29) is 6.04 Å². The van der Waals surface area contributed by atoms with Crippen LogP contribution in [0.5, 0.6) is 0 Å². The topological polar surface area (TPSA) is 47.3 Å². The Bertz CT molecular complexity index is 49.7. The second-order valence-electron chi connectivity index (χ2n) is 1.72. The van der Waals surface area contributed by atoms with E-state index in [2.05, 4.69) is 10.3 Å². The highest BCUT2D eigenvalue weighted by Crippen LogP contribution is 1.80. The molecule has 8 heavy (non-hydrogen) atoms. The first-order chi connectivity index (χ1) is 3.81. The Labute approximate surface area is 50.2 Å². The Morgan fingerprint density at radius 1 is 1.75 bits per heavy atom. The molecule has 0 aliphatic rings. The summed E-state index contributed by atoms with van der Waals surface area (Å²) in [6.07, 6.45) is 0.982. The Kier molecular flexibility index (Phi) is 4.95. The third-order valence-electron chi connectivity index (χ3n) is 1.01. The van der Waals surface area contributed by atoms with Crippen LogP contribution in [-0.4, -0.2) is 19.7 Å². The fraction of sp³-hybridized carbons (Fsp3) is 1.00. The van der Waals surface area contributed by atoms with E-state index in [1.54, 1.807) is 7.11 Å². The van der Waals surface area contributed by atoms with Gasteiger partial charge in [-0.3, -0.25) is 0 Å². The largest absolute Gasteiger partial charge is 0.326 e. The molecule has 3 N–H and O–H groups in total. The van der Waals surface area contributed by atoms with Gasteiger partial charge in [-0.15, -0.1) is 0 Å². The van der Waals surface area contributed by atoms with Gasteiger partial charge in [0, 0.05) is 12.6 Å². The molecule has 0 radical (unpaired) electrons.